The van der Waals surface area contributed by atoms with E-state index < -0.39 is 34.6 Å². The van der Waals surface area contributed by atoms with Crippen LogP contribution in [0.15, 0.2) is 0 Å². The number of aliphatic carboxylic acids is 2. The van der Waals surface area contributed by atoms with Crippen LogP contribution in [0, 0.1) is 10.8 Å². The Morgan fingerprint density at radius 3 is 1.41 bits per heavy atom. The lowest BCUT2D eigenvalue weighted by Crippen LogP contribution is -2.61. The first-order valence-electron chi connectivity index (χ1n) is 4.80. The fourth-order valence-electron chi connectivity index (χ4n) is 2.50. The SMILES string of the molecule is NC(=O)C1(C(N)=O)CCCC1(C(=O)O)C(=O)O. The van der Waals surface area contributed by atoms with Crippen LogP contribution in [-0.4, -0.2) is 34.0 Å². The number of carboxylic acid groups (broad SMARTS) is 2. The normalized spacial score (nSPS) is 20.7. The lowest BCUT2D eigenvalue weighted by Gasteiger charge is -2.34. The lowest BCUT2D eigenvalue weighted by molar-refractivity contribution is -0.179. The first kappa shape index (κ1) is 12.9. The van der Waals surface area contributed by atoms with Crippen LogP contribution >= 0.6 is 0 Å². The number of primary amides is 2. The minimum atomic E-state index is -2.56. The van der Waals surface area contributed by atoms with E-state index >= 15 is 0 Å². The molecule has 1 saturated carbocycles. The van der Waals surface area contributed by atoms with E-state index in [0.29, 0.717) is 0 Å². The first-order valence-corrected chi connectivity index (χ1v) is 4.80. The summed E-state index contributed by atoms with van der Waals surface area (Å²) in [6.45, 7) is 0. The van der Waals surface area contributed by atoms with Crippen molar-refractivity contribution < 1.29 is 29.4 Å². The molecule has 1 aliphatic carbocycles. The maximum atomic E-state index is 11.4. The van der Waals surface area contributed by atoms with Gasteiger partial charge in [0.15, 0.2) is 10.8 Å². The van der Waals surface area contributed by atoms with Crippen LogP contribution in [0.25, 0.3) is 0 Å². The summed E-state index contributed by atoms with van der Waals surface area (Å²) < 4.78 is 0. The molecule has 8 nitrogen and oxygen atoms in total. The summed E-state index contributed by atoms with van der Waals surface area (Å²) in [6.07, 6.45) is -0.551. The van der Waals surface area contributed by atoms with Gasteiger partial charge in [-0.05, 0) is 19.3 Å². The summed E-state index contributed by atoms with van der Waals surface area (Å²) in [6, 6.07) is 0. The molecule has 0 radical (unpaired) electrons. The Hall–Kier alpha value is -2.12. The van der Waals surface area contributed by atoms with Crippen molar-refractivity contribution in [3.63, 3.8) is 0 Å². The van der Waals surface area contributed by atoms with E-state index in [-0.39, 0.29) is 19.3 Å². The van der Waals surface area contributed by atoms with E-state index in [0.717, 1.165) is 0 Å². The van der Waals surface area contributed by atoms with Crippen LogP contribution in [-0.2, 0) is 19.2 Å². The molecule has 6 N–H and O–H groups in total. The van der Waals surface area contributed by atoms with Crippen LogP contribution in [0.4, 0.5) is 0 Å². The number of carbonyl (C=O) groups is 4. The molecule has 2 amide bonds. The predicted molar refractivity (Wildman–Crippen MR) is 52.4 cm³/mol. The van der Waals surface area contributed by atoms with Gasteiger partial charge in [-0.2, -0.15) is 0 Å². The lowest BCUT2D eigenvalue weighted by atomic mass is 9.64. The molecular weight excluding hydrogens is 232 g/mol. The molecule has 94 valence electrons. The van der Waals surface area contributed by atoms with Gasteiger partial charge in [0, 0.05) is 0 Å². The Morgan fingerprint density at radius 2 is 1.18 bits per heavy atom. The molecule has 0 aromatic carbocycles. The summed E-state index contributed by atoms with van der Waals surface area (Å²) in [5, 5.41) is 18.1. The average Bonchev–Trinajstić information content (AvgIpc) is 2.58. The van der Waals surface area contributed by atoms with Gasteiger partial charge in [-0.25, -0.2) is 0 Å². The highest BCUT2D eigenvalue weighted by molar-refractivity contribution is 6.16. The fraction of sp³-hybridized carbons (Fsp3) is 0.556. The Bertz CT molecular complexity index is 350. The van der Waals surface area contributed by atoms with Crippen LogP contribution < -0.4 is 11.5 Å². The van der Waals surface area contributed by atoms with E-state index in [1.54, 1.807) is 0 Å². The maximum Gasteiger partial charge on any atom is 0.322 e. The summed E-state index contributed by atoms with van der Waals surface area (Å²) >= 11 is 0. The highest BCUT2D eigenvalue weighted by atomic mass is 16.4. The maximum absolute atomic E-state index is 11.4. The zero-order valence-corrected chi connectivity index (χ0v) is 8.80. The molecule has 8 heteroatoms. The summed E-state index contributed by atoms with van der Waals surface area (Å²) in [5.41, 5.74) is 5.10. The second-order valence-electron chi connectivity index (χ2n) is 4.00. The van der Waals surface area contributed by atoms with Crippen molar-refractivity contribution >= 4 is 23.8 Å². The topological polar surface area (TPSA) is 161 Å². The minimum absolute atomic E-state index is 0.0739. The molecule has 1 rings (SSSR count). The van der Waals surface area contributed by atoms with Crippen molar-refractivity contribution in [2.75, 3.05) is 0 Å². The minimum Gasteiger partial charge on any atom is -0.480 e. The number of carboxylic acids is 2. The number of hydrogen-bond acceptors (Lipinski definition) is 4. The van der Waals surface area contributed by atoms with Gasteiger partial charge in [0.1, 0.15) is 0 Å². The zero-order chi connectivity index (χ0) is 13.4. The second kappa shape index (κ2) is 3.72. The van der Waals surface area contributed by atoms with Crippen LogP contribution in [0.2, 0.25) is 0 Å². The first-order chi connectivity index (χ1) is 7.73. The molecule has 1 fully saturated rings. The largest absolute Gasteiger partial charge is 0.480 e. The average molecular weight is 244 g/mol. The smallest absolute Gasteiger partial charge is 0.322 e. The summed E-state index contributed by atoms with van der Waals surface area (Å²) in [4.78, 5) is 45.2. The predicted octanol–water partition coefficient (Wildman–Crippen LogP) is -1.72. The second-order valence-corrected chi connectivity index (χ2v) is 4.00. The molecule has 0 aromatic rings. The van der Waals surface area contributed by atoms with E-state index in [1.165, 1.54) is 0 Å². The van der Waals surface area contributed by atoms with Gasteiger partial charge in [0.25, 0.3) is 0 Å². The van der Waals surface area contributed by atoms with Crippen molar-refractivity contribution in [1.29, 1.82) is 0 Å². The van der Waals surface area contributed by atoms with Crippen LogP contribution in [0.3, 0.4) is 0 Å². The molecule has 17 heavy (non-hydrogen) atoms. The van der Waals surface area contributed by atoms with Crippen molar-refractivity contribution in [3.8, 4) is 0 Å². The van der Waals surface area contributed by atoms with E-state index in [9.17, 15) is 19.2 Å². The Balaban J connectivity index is 3.58. The number of carbonyl (C=O) groups excluding carboxylic acids is 2. The van der Waals surface area contributed by atoms with Gasteiger partial charge in [-0.15, -0.1) is 0 Å². The molecule has 0 saturated heterocycles. The quantitative estimate of drug-likeness (QED) is 0.430. The number of hydrogen-bond donors (Lipinski definition) is 4. The standard InChI is InChI=1S/C9H12N2O6/c10-4(12)8(5(11)13)2-1-3-9(8,6(14)15)7(16)17/h1-3H2,(H2,10,12)(H2,11,13)(H,14,15)(H,16,17). The van der Waals surface area contributed by atoms with Gasteiger partial charge in [0.05, 0.1) is 0 Å². The summed E-state index contributed by atoms with van der Waals surface area (Å²) in [5.74, 6) is -6.18. The molecular formula is C9H12N2O6. The monoisotopic (exact) mass is 244 g/mol. The number of rotatable bonds is 4. The molecule has 0 spiro atoms. The molecule has 0 bridgehead atoms. The highest BCUT2D eigenvalue weighted by Crippen LogP contribution is 2.53. The third kappa shape index (κ3) is 1.30. The zero-order valence-electron chi connectivity index (χ0n) is 8.80. The Kier molecular flexibility index (Phi) is 2.83. The fourth-order valence-corrected chi connectivity index (χ4v) is 2.50. The highest BCUT2D eigenvalue weighted by Gasteiger charge is 2.71. The Labute approximate surface area is 95.6 Å². The molecule has 1 aliphatic rings. The number of amides is 2. The van der Waals surface area contributed by atoms with Crippen molar-refractivity contribution in [1.82, 2.24) is 0 Å². The van der Waals surface area contributed by atoms with Crippen LogP contribution in [0.5, 0.6) is 0 Å². The van der Waals surface area contributed by atoms with Gasteiger partial charge in [0.2, 0.25) is 11.8 Å². The third-order valence-electron chi connectivity index (χ3n) is 3.40. The molecule has 0 atom stereocenters. The number of nitrogens with two attached hydrogens (primary N) is 2. The van der Waals surface area contributed by atoms with Crippen molar-refractivity contribution in [2.45, 2.75) is 19.3 Å². The Morgan fingerprint density at radius 1 is 0.824 bits per heavy atom. The molecule has 0 aromatic heterocycles. The van der Waals surface area contributed by atoms with Gasteiger partial charge in [-0.3, -0.25) is 19.2 Å². The van der Waals surface area contributed by atoms with Gasteiger partial charge in [-0.1, -0.05) is 0 Å². The van der Waals surface area contributed by atoms with E-state index in [4.69, 9.17) is 21.7 Å². The summed E-state index contributed by atoms with van der Waals surface area (Å²) in [7, 11) is 0. The third-order valence-corrected chi connectivity index (χ3v) is 3.40. The van der Waals surface area contributed by atoms with E-state index in [2.05, 4.69) is 0 Å². The van der Waals surface area contributed by atoms with Gasteiger partial charge < -0.3 is 21.7 Å². The van der Waals surface area contributed by atoms with Crippen molar-refractivity contribution in [3.05, 3.63) is 0 Å². The van der Waals surface area contributed by atoms with Crippen molar-refractivity contribution in [2.24, 2.45) is 22.3 Å². The van der Waals surface area contributed by atoms with Gasteiger partial charge >= 0.3 is 11.9 Å². The van der Waals surface area contributed by atoms with Crippen LogP contribution in [0.1, 0.15) is 19.3 Å². The molecule has 0 aliphatic heterocycles. The molecule has 0 heterocycles. The van der Waals surface area contributed by atoms with E-state index in [1.807, 2.05) is 0 Å². The molecule has 0 unspecified atom stereocenters.